The highest BCUT2D eigenvalue weighted by Gasteiger charge is 2.08. The van der Waals surface area contributed by atoms with E-state index in [0.29, 0.717) is 13.0 Å². The lowest BCUT2D eigenvalue weighted by molar-refractivity contribution is 0.0806. The first-order valence-corrected chi connectivity index (χ1v) is 5.47. The molecule has 0 aliphatic heterocycles. The van der Waals surface area contributed by atoms with Crippen LogP contribution in [0.15, 0.2) is 36.9 Å². The van der Waals surface area contributed by atoms with E-state index in [2.05, 4.69) is 9.97 Å². The number of aliphatic hydroxyl groups excluding tert-OH is 2. The van der Waals surface area contributed by atoms with Crippen molar-refractivity contribution in [3.63, 3.8) is 0 Å². The summed E-state index contributed by atoms with van der Waals surface area (Å²) in [6.45, 7) is 0.108. The number of pyridine rings is 1. The fraction of sp³-hybridized carbons (Fsp3) is 0.333. The second-order valence-corrected chi connectivity index (χ2v) is 3.87. The molecule has 1 unspecified atom stereocenters. The predicted octanol–water partition coefficient (Wildman–Crippen LogP) is 0.222. The van der Waals surface area contributed by atoms with E-state index < -0.39 is 6.10 Å². The van der Waals surface area contributed by atoms with Crippen LogP contribution in [0.2, 0.25) is 0 Å². The lowest BCUT2D eigenvalue weighted by atomic mass is 10.2. The largest absolute Gasteiger partial charge is 0.394 e. The van der Waals surface area contributed by atoms with Crippen LogP contribution in [0.25, 0.3) is 0 Å². The zero-order valence-corrected chi connectivity index (χ0v) is 9.40. The van der Waals surface area contributed by atoms with Gasteiger partial charge in [-0.1, -0.05) is 6.07 Å². The summed E-state index contributed by atoms with van der Waals surface area (Å²) in [6, 6.07) is 3.86. The standard InChI is InChI=1S/C12H15N3O2/c16-9-11(17)8-15-5-4-14-12(15)6-10-2-1-3-13-7-10/h1-5,7,11,16-17H,6,8-9H2. The molecular formula is C12H15N3O2. The molecule has 2 N–H and O–H groups in total. The third-order valence-electron chi connectivity index (χ3n) is 2.50. The predicted molar refractivity (Wildman–Crippen MR) is 62.4 cm³/mol. The van der Waals surface area contributed by atoms with Gasteiger partial charge in [-0.25, -0.2) is 4.98 Å². The van der Waals surface area contributed by atoms with Gasteiger partial charge in [0, 0.05) is 31.2 Å². The van der Waals surface area contributed by atoms with Crippen LogP contribution in [0.5, 0.6) is 0 Å². The Morgan fingerprint density at radius 1 is 1.35 bits per heavy atom. The first-order valence-electron chi connectivity index (χ1n) is 5.47. The summed E-state index contributed by atoms with van der Waals surface area (Å²) in [5.41, 5.74) is 1.07. The Balaban J connectivity index is 2.09. The van der Waals surface area contributed by atoms with Gasteiger partial charge in [0.05, 0.1) is 19.3 Å². The first-order chi connectivity index (χ1) is 8.29. The molecule has 0 aliphatic carbocycles. The Hall–Kier alpha value is -1.72. The van der Waals surface area contributed by atoms with Crippen LogP contribution in [-0.2, 0) is 13.0 Å². The van der Waals surface area contributed by atoms with Crippen LogP contribution in [0.1, 0.15) is 11.4 Å². The topological polar surface area (TPSA) is 71.2 Å². The molecule has 0 saturated heterocycles. The molecular weight excluding hydrogens is 218 g/mol. The lowest BCUT2D eigenvalue weighted by Gasteiger charge is -2.11. The Labute approximate surface area is 99.4 Å². The van der Waals surface area contributed by atoms with Crippen LogP contribution < -0.4 is 0 Å². The van der Waals surface area contributed by atoms with Crippen molar-refractivity contribution >= 4 is 0 Å². The molecule has 0 spiro atoms. The van der Waals surface area contributed by atoms with Gasteiger partial charge in [-0.3, -0.25) is 4.98 Å². The molecule has 0 amide bonds. The van der Waals surface area contributed by atoms with Gasteiger partial charge in [0.15, 0.2) is 0 Å². The molecule has 17 heavy (non-hydrogen) atoms. The number of hydrogen-bond acceptors (Lipinski definition) is 4. The maximum absolute atomic E-state index is 9.41. The zero-order valence-electron chi connectivity index (χ0n) is 9.40. The highest BCUT2D eigenvalue weighted by atomic mass is 16.3. The fourth-order valence-electron chi connectivity index (χ4n) is 1.64. The third-order valence-corrected chi connectivity index (χ3v) is 2.50. The lowest BCUT2D eigenvalue weighted by Crippen LogP contribution is -2.20. The van der Waals surface area contributed by atoms with Crippen LogP contribution in [0.4, 0.5) is 0 Å². The molecule has 5 nitrogen and oxygen atoms in total. The highest BCUT2D eigenvalue weighted by Crippen LogP contribution is 2.07. The summed E-state index contributed by atoms with van der Waals surface area (Å²) in [4.78, 5) is 8.29. The quantitative estimate of drug-likeness (QED) is 0.775. The normalized spacial score (nSPS) is 12.6. The number of hydrogen-bond donors (Lipinski definition) is 2. The average Bonchev–Trinajstić information content (AvgIpc) is 2.78. The van der Waals surface area contributed by atoms with E-state index in [4.69, 9.17) is 5.11 Å². The summed E-state index contributed by atoms with van der Waals surface area (Å²) >= 11 is 0. The van der Waals surface area contributed by atoms with Gasteiger partial charge in [-0.2, -0.15) is 0 Å². The van der Waals surface area contributed by atoms with Crippen molar-refractivity contribution in [1.82, 2.24) is 14.5 Å². The Kier molecular flexibility index (Phi) is 3.85. The molecule has 0 saturated carbocycles. The van der Waals surface area contributed by atoms with Crippen molar-refractivity contribution in [2.45, 2.75) is 19.1 Å². The minimum atomic E-state index is -0.753. The Morgan fingerprint density at radius 3 is 2.94 bits per heavy atom. The van der Waals surface area contributed by atoms with E-state index in [1.54, 1.807) is 24.8 Å². The van der Waals surface area contributed by atoms with Crippen LogP contribution in [-0.4, -0.2) is 37.5 Å². The number of nitrogens with zero attached hydrogens (tertiary/aromatic N) is 3. The van der Waals surface area contributed by atoms with Crippen molar-refractivity contribution in [1.29, 1.82) is 0 Å². The summed E-state index contributed by atoms with van der Waals surface area (Å²) in [5.74, 6) is 0.852. The van der Waals surface area contributed by atoms with E-state index in [0.717, 1.165) is 11.4 Å². The van der Waals surface area contributed by atoms with E-state index >= 15 is 0 Å². The number of imidazole rings is 1. The monoisotopic (exact) mass is 233 g/mol. The van der Waals surface area contributed by atoms with Gasteiger partial charge in [-0.05, 0) is 11.6 Å². The number of aromatic nitrogens is 3. The molecule has 0 radical (unpaired) electrons. The Bertz CT molecular complexity index is 456. The maximum Gasteiger partial charge on any atom is 0.113 e. The summed E-state index contributed by atoms with van der Waals surface area (Å²) in [7, 11) is 0. The fourth-order valence-corrected chi connectivity index (χ4v) is 1.64. The molecule has 1 atom stereocenters. The summed E-state index contributed by atoms with van der Waals surface area (Å²) in [6.07, 6.45) is 6.92. The second-order valence-electron chi connectivity index (χ2n) is 3.87. The average molecular weight is 233 g/mol. The zero-order chi connectivity index (χ0) is 12.1. The molecule has 5 heteroatoms. The Morgan fingerprint density at radius 2 is 2.24 bits per heavy atom. The molecule has 90 valence electrons. The molecule has 0 fully saturated rings. The van der Waals surface area contributed by atoms with Gasteiger partial charge in [0.25, 0.3) is 0 Å². The molecule has 2 heterocycles. The van der Waals surface area contributed by atoms with Gasteiger partial charge in [0.1, 0.15) is 5.82 Å². The van der Waals surface area contributed by atoms with E-state index in [-0.39, 0.29) is 6.61 Å². The van der Waals surface area contributed by atoms with Crippen LogP contribution in [0, 0.1) is 0 Å². The second kappa shape index (κ2) is 5.56. The van der Waals surface area contributed by atoms with E-state index in [9.17, 15) is 5.11 Å². The van der Waals surface area contributed by atoms with Gasteiger partial charge in [-0.15, -0.1) is 0 Å². The van der Waals surface area contributed by atoms with Crippen LogP contribution in [0.3, 0.4) is 0 Å². The number of aliphatic hydroxyl groups is 2. The van der Waals surface area contributed by atoms with Crippen molar-refractivity contribution in [2.24, 2.45) is 0 Å². The molecule has 0 bridgehead atoms. The van der Waals surface area contributed by atoms with Gasteiger partial charge < -0.3 is 14.8 Å². The summed E-state index contributed by atoms with van der Waals surface area (Å²) < 4.78 is 1.84. The SMILES string of the molecule is OCC(O)Cn1ccnc1Cc1cccnc1. The molecule has 0 aromatic carbocycles. The van der Waals surface area contributed by atoms with Crippen molar-refractivity contribution in [3.05, 3.63) is 48.3 Å². The minimum Gasteiger partial charge on any atom is -0.394 e. The van der Waals surface area contributed by atoms with Crippen molar-refractivity contribution in [3.8, 4) is 0 Å². The summed E-state index contributed by atoms with van der Waals surface area (Å²) in [5, 5.41) is 18.2. The minimum absolute atomic E-state index is 0.246. The van der Waals surface area contributed by atoms with E-state index in [1.807, 2.05) is 16.7 Å². The molecule has 2 aromatic heterocycles. The molecule has 0 aliphatic rings. The third kappa shape index (κ3) is 3.12. The van der Waals surface area contributed by atoms with Crippen molar-refractivity contribution in [2.75, 3.05) is 6.61 Å². The first kappa shape index (κ1) is 11.8. The smallest absolute Gasteiger partial charge is 0.113 e. The number of rotatable bonds is 5. The molecule has 2 rings (SSSR count). The molecule has 2 aromatic rings. The van der Waals surface area contributed by atoms with E-state index in [1.165, 1.54) is 0 Å². The van der Waals surface area contributed by atoms with Gasteiger partial charge >= 0.3 is 0 Å². The van der Waals surface area contributed by atoms with Gasteiger partial charge in [0.2, 0.25) is 0 Å². The van der Waals surface area contributed by atoms with Crippen LogP contribution >= 0.6 is 0 Å². The van der Waals surface area contributed by atoms with Crippen molar-refractivity contribution < 1.29 is 10.2 Å². The maximum atomic E-state index is 9.41. The highest BCUT2D eigenvalue weighted by molar-refractivity contribution is 5.14.